The number of carbonyl (C=O) groups excluding carboxylic acids is 1. The van der Waals surface area contributed by atoms with E-state index < -0.39 is 0 Å². The van der Waals surface area contributed by atoms with Gasteiger partial charge in [-0.2, -0.15) is 0 Å². The van der Waals surface area contributed by atoms with Crippen LogP contribution in [0.1, 0.15) is 22.5 Å². The van der Waals surface area contributed by atoms with Crippen molar-refractivity contribution in [3.05, 3.63) is 64.7 Å². The highest BCUT2D eigenvalue weighted by Crippen LogP contribution is 2.19. The number of pyridine rings is 1. The van der Waals surface area contributed by atoms with Gasteiger partial charge < -0.3 is 5.32 Å². The maximum absolute atomic E-state index is 13.0. The molecule has 2 rings (SSSR count). The Morgan fingerprint density at radius 3 is 2.67 bits per heavy atom. The average molecular weight is 284 g/mol. The average Bonchev–Trinajstić information content (AvgIpc) is 2.40. The summed E-state index contributed by atoms with van der Waals surface area (Å²) in [7, 11) is 0. The number of rotatable bonds is 3. The maximum atomic E-state index is 13.0. The molecule has 0 saturated heterocycles. The molecule has 4 heteroatoms. The van der Waals surface area contributed by atoms with Crippen molar-refractivity contribution in [3.8, 4) is 0 Å². The van der Waals surface area contributed by atoms with Crippen LogP contribution in [0.4, 0.5) is 10.1 Å². The van der Waals surface area contributed by atoms with Crippen LogP contribution in [0.25, 0.3) is 6.08 Å². The zero-order valence-electron chi connectivity index (χ0n) is 12.3. The fraction of sp³-hybridized carbons (Fsp3) is 0.176. The molecule has 0 spiro atoms. The van der Waals surface area contributed by atoms with E-state index in [1.54, 1.807) is 18.2 Å². The second-order valence-corrected chi connectivity index (χ2v) is 4.92. The monoisotopic (exact) mass is 284 g/mol. The summed E-state index contributed by atoms with van der Waals surface area (Å²) < 4.78 is 13.0. The summed E-state index contributed by atoms with van der Waals surface area (Å²) >= 11 is 0. The van der Waals surface area contributed by atoms with Crippen molar-refractivity contribution in [3.63, 3.8) is 0 Å². The number of benzene rings is 1. The third-order valence-corrected chi connectivity index (χ3v) is 3.05. The topological polar surface area (TPSA) is 42.0 Å². The molecule has 0 saturated carbocycles. The highest BCUT2D eigenvalue weighted by molar-refractivity contribution is 6.02. The molecule has 0 radical (unpaired) electrons. The first-order chi connectivity index (χ1) is 9.95. The lowest BCUT2D eigenvalue weighted by molar-refractivity contribution is -0.111. The number of hydrogen-bond donors (Lipinski definition) is 1. The number of halogens is 1. The molecule has 0 bridgehead atoms. The first-order valence-electron chi connectivity index (χ1n) is 6.65. The van der Waals surface area contributed by atoms with Gasteiger partial charge in [-0.05, 0) is 56.2 Å². The Labute approximate surface area is 123 Å². The zero-order valence-corrected chi connectivity index (χ0v) is 12.3. The second kappa shape index (κ2) is 6.31. The highest BCUT2D eigenvalue weighted by Gasteiger charge is 2.07. The molecule has 0 fully saturated rings. The van der Waals surface area contributed by atoms with E-state index in [0.29, 0.717) is 5.56 Å². The Balaban J connectivity index is 2.12. The zero-order chi connectivity index (χ0) is 15.4. The van der Waals surface area contributed by atoms with Crippen molar-refractivity contribution in [2.45, 2.75) is 20.8 Å². The SMILES string of the molecule is Cc1cc(C)c(NC(=O)/C=C/c2cccc(F)c2)c(C)n1. The van der Waals surface area contributed by atoms with Crippen LogP contribution in [0.2, 0.25) is 0 Å². The minimum atomic E-state index is -0.327. The first-order valence-corrected chi connectivity index (χ1v) is 6.65. The van der Waals surface area contributed by atoms with E-state index >= 15 is 0 Å². The fourth-order valence-electron chi connectivity index (χ4n) is 2.16. The van der Waals surface area contributed by atoms with Crippen molar-refractivity contribution in [2.75, 3.05) is 5.32 Å². The van der Waals surface area contributed by atoms with E-state index in [1.807, 2.05) is 26.8 Å². The summed E-state index contributed by atoms with van der Waals surface area (Å²) in [6.07, 6.45) is 2.96. The van der Waals surface area contributed by atoms with Gasteiger partial charge in [0.05, 0.1) is 11.4 Å². The summed E-state index contributed by atoms with van der Waals surface area (Å²) in [5, 5.41) is 2.81. The summed E-state index contributed by atoms with van der Waals surface area (Å²) in [4.78, 5) is 16.3. The molecule has 0 aliphatic heterocycles. The summed E-state index contributed by atoms with van der Waals surface area (Å²) in [6, 6.07) is 7.98. The van der Waals surface area contributed by atoms with Crippen LogP contribution in [0.15, 0.2) is 36.4 Å². The lowest BCUT2D eigenvalue weighted by Gasteiger charge is -2.10. The van der Waals surface area contributed by atoms with E-state index in [9.17, 15) is 9.18 Å². The molecule has 1 N–H and O–H groups in total. The quantitative estimate of drug-likeness (QED) is 0.871. The van der Waals surface area contributed by atoms with E-state index in [0.717, 1.165) is 22.6 Å². The van der Waals surface area contributed by atoms with Crippen LogP contribution < -0.4 is 5.32 Å². The predicted octanol–water partition coefficient (Wildman–Crippen LogP) is 3.80. The van der Waals surface area contributed by atoms with Crippen LogP contribution in [0, 0.1) is 26.6 Å². The summed E-state index contributed by atoms with van der Waals surface area (Å²) in [5.41, 5.74) is 4.01. The molecule has 1 aromatic heterocycles. The Bertz CT molecular complexity index is 685. The largest absolute Gasteiger partial charge is 0.321 e. The fourth-order valence-corrected chi connectivity index (χ4v) is 2.16. The molecule has 0 atom stereocenters. The van der Waals surface area contributed by atoms with Gasteiger partial charge in [-0.3, -0.25) is 9.78 Å². The minimum absolute atomic E-state index is 0.267. The Morgan fingerprint density at radius 1 is 1.24 bits per heavy atom. The van der Waals surface area contributed by atoms with Gasteiger partial charge in [-0.15, -0.1) is 0 Å². The molecule has 2 aromatic rings. The van der Waals surface area contributed by atoms with Gasteiger partial charge in [-0.25, -0.2) is 4.39 Å². The van der Waals surface area contributed by atoms with Crippen LogP contribution in [-0.4, -0.2) is 10.9 Å². The van der Waals surface area contributed by atoms with Crippen molar-refractivity contribution in [1.82, 2.24) is 4.98 Å². The first kappa shape index (κ1) is 14.9. The number of anilines is 1. The summed E-state index contributed by atoms with van der Waals surface area (Å²) in [5.74, 6) is -0.594. The van der Waals surface area contributed by atoms with E-state index in [4.69, 9.17) is 0 Å². The lowest BCUT2D eigenvalue weighted by Crippen LogP contribution is -2.11. The van der Waals surface area contributed by atoms with Gasteiger partial charge in [0.25, 0.3) is 0 Å². The normalized spacial score (nSPS) is 10.9. The van der Waals surface area contributed by atoms with Gasteiger partial charge in [-0.1, -0.05) is 12.1 Å². The Kier molecular flexibility index (Phi) is 4.48. The van der Waals surface area contributed by atoms with Crippen molar-refractivity contribution >= 4 is 17.7 Å². The molecule has 1 aromatic carbocycles. The second-order valence-electron chi connectivity index (χ2n) is 4.92. The minimum Gasteiger partial charge on any atom is -0.321 e. The van der Waals surface area contributed by atoms with Gasteiger partial charge in [0.1, 0.15) is 5.82 Å². The molecule has 1 amide bonds. The Morgan fingerprint density at radius 2 is 2.00 bits per heavy atom. The van der Waals surface area contributed by atoms with Crippen LogP contribution >= 0.6 is 0 Å². The molecule has 0 aliphatic rings. The number of hydrogen-bond acceptors (Lipinski definition) is 2. The van der Waals surface area contributed by atoms with Crippen LogP contribution in [-0.2, 0) is 4.79 Å². The van der Waals surface area contributed by atoms with Gasteiger partial charge >= 0.3 is 0 Å². The van der Waals surface area contributed by atoms with E-state index in [1.165, 1.54) is 18.2 Å². The summed E-state index contributed by atoms with van der Waals surface area (Å²) in [6.45, 7) is 5.69. The van der Waals surface area contributed by atoms with Crippen molar-refractivity contribution in [1.29, 1.82) is 0 Å². The highest BCUT2D eigenvalue weighted by atomic mass is 19.1. The standard InChI is InChI=1S/C17H17FN2O/c1-11-9-12(2)19-13(3)17(11)20-16(21)8-7-14-5-4-6-15(18)10-14/h4-10H,1-3H3,(H,20,21)/b8-7+. The number of nitrogens with zero attached hydrogens (tertiary/aromatic N) is 1. The third kappa shape index (κ3) is 3.99. The van der Waals surface area contributed by atoms with Gasteiger partial charge in [0.2, 0.25) is 5.91 Å². The molecule has 1 heterocycles. The van der Waals surface area contributed by atoms with E-state index in [-0.39, 0.29) is 11.7 Å². The third-order valence-electron chi connectivity index (χ3n) is 3.05. The molecule has 21 heavy (non-hydrogen) atoms. The van der Waals surface area contributed by atoms with Crippen LogP contribution in [0.3, 0.4) is 0 Å². The molecule has 108 valence electrons. The molecular weight excluding hydrogens is 267 g/mol. The predicted molar refractivity (Wildman–Crippen MR) is 82.5 cm³/mol. The number of aromatic nitrogens is 1. The van der Waals surface area contributed by atoms with Gasteiger partial charge in [0.15, 0.2) is 0 Å². The number of carbonyl (C=O) groups is 1. The molecule has 3 nitrogen and oxygen atoms in total. The van der Waals surface area contributed by atoms with Crippen molar-refractivity contribution < 1.29 is 9.18 Å². The maximum Gasteiger partial charge on any atom is 0.248 e. The number of aryl methyl sites for hydroxylation is 3. The smallest absolute Gasteiger partial charge is 0.248 e. The van der Waals surface area contributed by atoms with Crippen molar-refractivity contribution in [2.24, 2.45) is 0 Å². The van der Waals surface area contributed by atoms with Crippen LogP contribution in [0.5, 0.6) is 0 Å². The number of nitrogens with one attached hydrogen (secondary N) is 1. The Hall–Kier alpha value is -2.49. The van der Waals surface area contributed by atoms with Gasteiger partial charge in [0, 0.05) is 11.8 Å². The molecular formula is C17H17FN2O. The lowest BCUT2D eigenvalue weighted by atomic mass is 10.1. The van der Waals surface area contributed by atoms with E-state index in [2.05, 4.69) is 10.3 Å². The molecule has 0 unspecified atom stereocenters. The molecule has 0 aliphatic carbocycles. The number of amides is 1.